The van der Waals surface area contributed by atoms with E-state index in [1.807, 2.05) is 0 Å². The number of nitrogens with two attached hydrogens (primary N) is 1. The molecule has 1 atom stereocenters. The molecule has 2 N–H and O–H groups in total. The van der Waals surface area contributed by atoms with Crippen LogP contribution in [-0.4, -0.2) is 67.8 Å². The van der Waals surface area contributed by atoms with Crippen LogP contribution in [0.2, 0.25) is 0 Å². The smallest absolute Gasteiger partial charge is 0.0462 e. The lowest BCUT2D eigenvalue weighted by Crippen LogP contribution is -2.55. The summed E-state index contributed by atoms with van der Waals surface area (Å²) >= 11 is 0. The summed E-state index contributed by atoms with van der Waals surface area (Å²) in [7, 11) is 1.75. The van der Waals surface area contributed by atoms with Gasteiger partial charge < -0.3 is 10.5 Å². The summed E-state index contributed by atoms with van der Waals surface area (Å²) in [4.78, 5) is 5.06. The van der Waals surface area contributed by atoms with Gasteiger partial charge in [-0.05, 0) is 33.6 Å². The van der Waals surface area contributed by atoms with Gasteiger partial charge in [0.05, 0.1) is 0 Å². The van der Waals surface area contributed by atoms with Crippen LogP contribution >= 0.6 is 0 Å². The molecule has 4 heteroatoms. The fourth-order valence-electron chi connectivity index (χ4n) is 2.51. The molecular weight excluding hydrogens is 226 g/mol. The Morgan fingerprint density at radius 1 is 1.17 bits per heavy atom. The molecule has 0 radical (unpaired) electrons. The molecule has 18 heavy (non-hydrogen) atoms. The van der Waals surface area contributed by atoms with Crippen molar-refractivity contribution >= 4 is 0 Å². The molecule has 1 unspecified atom stereocenters. The third-order valence-corrected chi connectivity index (χ3v) is 3.74. The summed E-state index contributed by atoms with van der Waals surface area (Å²) in [6, 6.07) is 0.293. The van der Waals surface area contributed by atoms with E-state index in [0.29, 0.717) is 11.6 Å². The Morgan fingerprint density at radius 3 is 2.28 bits per heavy atom. The van der Waals surface area contributed by atoms with Gasteiger partial charge in [-0.15, -0.1) is 0 Å². The molecule has 0 saturated carbocycles. The van der Waals surface area contributed by atoms with Crippen molar-refractivity contribution < 1.29 is 4.74 Å². The van der Waals surface area contributed by atoms with Crippen LogP contribution in [0.4, 0.5) is 0 Å². The number of piperazine rings is 1. The first kappa shape index (κ1) is 15.9. The maximum Gasteiger partial charge on any atom is 0.0462 e. The summed E-state index contributed by atoms with van der Waals surface area (Å²) in [5.41, 5.74) is 6.45. The second kappa shape index (κ2) is 7.43. The third kappa shape index (κ3) is 5.65. The zero-order chi connectivity index (χ0) is 13.6. The molecule has 1 rings (SSSR count). The Hall–Kier alpha value is -0.160. The normalized spacial score (nSPS) is 21.2. The lowest BCUT2D eigenvalue weighted by atomic mass is 10.0. The van der Waals surface area contributed by atoms with Gasteiger partial charge >= 0.3 is 0 Å². The predicted octanol–water partition coefficient (Wildman–Crippen LogP) is 1.16. The molecule has 1 saturated heterocycles. The molecule has 1 heterocycles. The molecule has 0 aromatic heterocycles. The topological polar surface area (TPSA) is 41.7 Å². The molecule has 108 valence electrons. The van der Waals surface area contributed by atoms with E-state index >= 15 is 0 Å². The lowest BCUT2D eigenvalue weighted by Gasteiger charge is -2.42. The molecule has 0 aliphatic carbocycles. The highest BCUT2D eigenvalue weighted by Crippen LogP contribution is 2.15. The summed E-state index contributed by atoms with van der Waals surface area (Å²) in [6.07, 6.45) is 2.13. The van der Waals surface area contributed by atoms with Crippen LogP contribution in [0.15, 0.2) is 0 Å². The third-order valence-electron chi connectivity index (χ3n) is 3.74. The Balaban J connectivity index is 2.19. The van der Waals surface area contributed by atoms with Gasteiger partial charge in [0, 0.05) is 58.0 Å². The largest absolute Gasteiger partial charge is 0.385 e. The van der Waals surface area contributed by atoms with Crippen molar-refractivity contribution in [3.63, 3.8) is 0 Å². The lowest BCUT2D eigenvalue weighted by molar-refractivity contribution is 0.0590. The van der Waals surface area contributed by atoms with Crippen molar-refractivity contribution in [1.29, 1.82) is 0 Å². The highest BCUT2D eigenvalue weighted by molar-refractivity contribution is 4.83. The number of ether oxygens (including phenoxy) is 1. The second-order valence-corrected chi connectivity index (χ2v) is 6.35. The van der Waals surface area contributed by atoms with E-state index in [2.05, 4.69) is 30.6 Å². The molecule has 0 amide bonds. The summed E-state index contributed by atoms with van der Waals surface area (Å²) < 4.78 is 5.06. The van der Waals surface area contributed by atoms with E-state index in [0.717, 1.165) is 52.2 Å². The highest BCUT2D eigenvalue weighted by Gasteiger charge is 2.26. The number of hydrogen-bond acceptors (Lipinski definition) is 4. The number of rotatable bonds is 6. The number of hydrogen-bond donors (Lipinski definition) is 1. The van der Waals surface area contributed by atoms with Crippen LogP contribution in [0.25, 0.3) is 0 Å². The summed E-state index contributed by atoms with van der Waals surface area (Å²) in [6.45, 7) is 13.3. The first-order valence-electron chi connectivity index (χ1n) is 7.15. The molecule has 4 nitrogen and oxygen atoms in total. The van der Waals surface area contributed by atoms with Crippen molar-refractivity contribution in [3.8, 4) is 0 Å². The van der Waals surface area contributed by atoms with Crippen LogP contribution in [0.3, 0.4) is 0 Å². The van der Waals surface area contributed by atoms with Crippen molar-refractivity contribution in [1.82, 2.24) is 9.80 Å². The molecule has 1 aliphatic heterocycles. The summed E-state index contributed by atoms with van der Waals surface area (Å²) in [5.74, 6) is 0. The monoisotopic (exact) mass is 257 g/mol. The van der Waals surface area contributed by atoms with E-state index in [9.17, 15) is 0 Å². The standard InChI is InChI=1S/C14H31N3O/c1-14(2,3)17-9-7-16(8-10-17)12-13(15)6-5-11-18-4/h13H,5-12,15H2,1-4H3. The Morgan fingerprint density at radius 2 is 1.78 bits per heavy atom. The molecule has 0 aromatic carbocycles. The number of nitrogens with zero attached hydrogens (tertiary/aromatic N) is 2. The van der Waals surface area contributed by atoms with Crippen molar-refractivity contribution in [2.24, 2.45) is 5.73 Å². The zero-order valence-electron chi connectivity index (χ0n) is 12.6. The minimum atomic E-state index is 0.293. The Kier molecular flexibility index (Phi) is 6.57. The maximum atomic E-state index is 6.15. The fourth-order valence-corrected chi connectivity index (χ4v) is 2.51. The van der Waals surface area contributed by atoms with E-state index in [4.69, 9.17) is 10.5 Å². The first-order valence-corrected chi connectivity index (χ1v) is 7.15. The van der Waals surface area contributed by atoms with Crippen LogP contribution in [-0.2, 0) is 4.74 Å². The fraction of sp³-hybridized carbons (Fsp3) is 1.00. The molecule has 1 fully saturated rings. The molecule has 1 aliphatic rings. The minimum absolute atomic E-state index is 0.293. The quantitative estimate of drug-likeness (QED) is 0.725. The van der Waals surface area contributed by atoms with Crippen LogP contribution in [0.5, 0.6) is 0 Å². The van der Waals surface area contributed by atoms with E-state index in [-0.39, 0.29) is 0 Å². The van der Waals surface area contributed by atoms with Gasteiger partial charge in [-0.1, -0.05) is 0 Å². The van der Waals surface area contributed by atoms with Crippen LogP contribution in [0, 0.1) is 0 Å². The van der Waals surface area contributed by atoms with Gasteiger partial charge in [-0.25, -0.2) is 0 Å². The van der Waals surface area contributed by atoms with Gasteiger partial charge in [0.15, 0.2) is 0 Å². The molecular formula is C14H31N3O. The average Bonchev–Trinajstić information content (AvgIpc) is 2.29. The van der Waals surface area contributed by atoms with E-state index < -0.39 is 0 Å². The zero-order valence-corrected chi connectivity index (χ0v) is 12.6. The Bertz CT molecular complexity index is 220. The predicted molar refractivity (Wildman–Crippen MR) is 76.9 cm³/mol. The van der Waals surface area contributed by atoms with E-state index in [1.165, 1.54) is 0 Å². The van der Waals surface area contributed by atoms with Gasteiger partial charge in [-0.2, -0.15) is 0 Å². The minimum Gasteiger partial charge on any atom is -0.385 e. The van der Waals surface area contributed by atoms with Crippen molar-refractivity contribution in [2.45, 2.75) is 45.2 Å². The summed E-state index contributed by atoms with van der Waals surface area (Å²) in [5, 5.41) is 0. The van der Waals surface area contributed by atoms with Gasteiger partial charge in [0.1, 0.15) is 0 Å². The van der Waals surface area contributed by atoms with Gasteiger partial charge in [-0.3, -0.25) is 9.80 Å². The van der Waals surface area contributed by atoms with E-state index in [1.54, 1.807) is 7.11 Å². The molecule has 0 aromatic rings. The highest BCUT2D eigenvalue weighted by atomic mass is 16.5. The van der Waals surface area contributed by atoms with Crippen LogP contribution in [0.1, 0.15) is 33.6 Å². The van der Waals surface area contributed by atoms with Gasteiger partial charge in [0.2, 0.25) is 0 Å². The molecule has 0 spiro atoms. The molecule has 0 bridgehead atoms. The number of methoxy groups -OCH3 is 1. The van der Waals surface area contributed by atoms with Gasteiger partial charge in [0.25, 0.3) is 0 Å². The van der Waals surface area contributed by atoms with Crippen molar-refractivity contribution in [2.75, 3.05) is 46.4 Å². The average molecular weight is 257 g/mol. The maximum absolute atomic E-state index is 6.15. The van der Waals surface area contributed by atoms with Crippen LogP contribution < -0.4 is 5.73 Å². The first-order chi connectivity index (χ1) is 8.43. The Labute approximate surface area is 112 Å². The SMILES string of the molecule is COCCCC(N)CN1CCN(C(C)(C)C)CC1. The second-order valence-electron chi connectivity index (χ2n) is 6.35. The van der Waals surface area contributed by atoms with Crippen molar-refractivity contribution in [3.05, 3.63) is 0 Å².